The molecule has 1 aromatic heterocycles. The molecule has 1 amide bonds. The molecule has 1 aliphatic heterocycles. The van der Waals surface area contributed by atoms with E-state index in [-0.39, 0.29) is 11.5 Å². The standard InChI is InChI=1S/C24H26N2O4/c1-4-11-25-24(28)21-14-26(19-7-5-6-8-20(19)29-21)13-17-12-22(27)30-23-16(3)15(2)9-10-18(17)23/h5-10,12,21H,4,11,13-14H2,1-3H3,(H,25,28)/t21-/m0/s1. The van der Waals surface area contributed by atoms with E-state index in [1.54, 1.807) is 6.07 Å². The van der Waals surface area contributed by atoms with E-state index in [1.807, 2.05) is 57.2 Å². The number of anilines is 1. The number of para-hydroxylation sites is 2. The highest BCUT2D eigenvalue weighted by atomic mass is 16.5. The van der Waals surface area contributed by atoms with Crippen LogP contribution in [0.5, 0.6) is 5.75 Å². The highest BCUT2D eigenvalue weighted by Crippen LogP contribution is 2.35. The number of ether oxygens (including phenoxy) is 1. The van der Waals surface area contributed by atoms with Crippen molar-refractivity contribution >= 4 is 22.6 Å². The van der Waals surface area contributed by atoms with E-state index in [0.717, 1.165) is 34.2 Å². The van der Waals surface area contributed by atoms with Crippen molar-refractivity contribution in [1.29, 1.82) is 0 Å². The van der Waals surface area contributed by atoms with Gasteiger partial charge in [-0.2, -0.15) is 0 Å². The summed E-state index contributed by atoms with van der Waals surface area (Å²) >= 11 is 0. The van der Waals surface area contributed by atoms with Crippen molar-refractivity contribution < 1.29 is 13.9 Å². The fraction of sp³-hybridized carbons (Fsp3) is 0.333. The second kappa shape index (κ2) is 8.22. The molecule has 0 fully saturated rings. The number of hydrogen-bond acceptors (Lipinski definition) is 5. The Kier molecular flexibility index (Phi) is 5.48. The van der Waals surface area contributed by atoms with Crippen LogP contribution in [-0.4, -0.2) is 25.1 Å². The zero-order valence-corrected chi connectivity index (χ0v) is 17.5. The summed E-state index contributed by atoms with van der Waals surface area (Å²) in [5.41, 5.74) is 4.06. The zero-order valence-electron chi connectivity index (χ0n) is 17.5. The maximum Gasteiger partial charge on any atom is 0.336 e. The van der Waals surface area contributed by atoms with Crippen LogP contribution in [0.1, 0.15) is 30.0 Å². The van der Waals surface area contributed by atoms with Crippen LogP contribution in [0.25, 0.3) is 11.0 Å². The van der Waals surface area contributed by atoms with Crippen LogP contribution in [-0.2, 0) is 11.3 Å². The van der Waals surface area contributed by atoms with Crippen LogP contribution < -0.4 is 20.6 Å². The van der Waals surface area contributed by atoms with Crippen LogP contribution in [0.2, 0.25) is 0 Å². The average Bonchev–Trinajstić information content (AvgIpc) is 2.74. The SMILES string of the molecule is CCCNC(=O)[C@@H]1CN(Cc2cc(=O)oc3c(C)c(C)ccc23)c2ccccc2O1. The molecule has 4 rings (SSSR count). The Hall–Kier alpha value is -3.28. The molecule has 1 atom stereocenters. The van der Waals surface area contributed by atoms with Crippen molar-refractivity contribution in [2.45, 2.75) is 39.8 Å². The maximum atomic E-state index is 12.6. The summed E-state index contributed by atoms with van der Waals surface area (Å²) in [4.78, 5) is 27.0. The molecular weight excluding hydrogens is 380 g/mol. The lowest BCUT2D eigenvalue weighted by Gasteiger charge is -2.35. The van der Waals surface area contributed by atoms with E-state index in [2.05, 4.69) is 10.2 Å². The van der Waals surface area contributed by atoms with E-state index >= 15 is 0 Å². The summed E-state index contributed by atoms with van der Waals surface area (Å²) in [5, 5.41) is 3.82. The van der Waals surface area contributed by atoms with Gasteiger partial charge in [0.15, 0.2) is 6.10 Å². The van der Waals surface area contributed by atoms with Gasteiger partial charge >= 0.3 is 5.63 Å². The fourth-order valence-electron chi connectivity index (χ4n) is 3.82. The molecule has 6 nitrogen and oxygen atoms in total. The Morgan fingerprint density at radius 1 is 1.20 bits per heavy atom. The molecule has 0 saturated heterocycles. The number of carbonyl (C=O) groups excluding carboxylic acids is 1. The highest BCUT2D eigenvalue weighted by molar-refractivity contribution is 5.85. The first kappa shape index (κ1) is 20.0. The quantitative estimate of drug-likeness (QED) is 0.654. The second-order valence-electron chi connectivity index (χ2n) is 7.72. The molecule has 6 heteroatoms. The predicted molar refractivity (Wildman–Crippen MR) is 117 cm³/mol. The Bertz CT molecular complexity index is 1150. The Morgan fingerprint density at radius 2 is 2.00 bits per heavy atom. The molecule has 2 heterocycles. The van der Waals surface area contributed by atoms with E-state index < -0.39 is 6.10 Å². The third kappa shape index (κ3) is 3.77. The molecule has 0 bridgehead atoms. The minimum Gasteiger partial charge on any atom is -0.477 e. The Labute approximate surface area is 175 Å². The second-order valence-corrected chi connectivity index (χ2v) is 7.72. The molecule has 0 radical (unpaired) electrons. The van der Waals surface area contributed by atoms with Crippen molar-refractivity contribution in [3.63, 3.8) is 0 Å². The van der Waals surface area contributed by atoms with Crippen molar-refractivity contribution in [3.05, 3.63) is 69.6 Å². The molecule has 0 aliphatic carbocycles. The number of carbonyl (C=O) groups is 1. The van der Waals surface area contributed by atoms with Crippen LogP contribution in [0.4, 0.5) is 5.69 Å². The van der Waals surface area contributed by atoms with Crippen LogP contribution >= 0.6 is 0 Å². The Balaban J connectivity index is 1.72. The molecule has 1 aliphatic rings. The third-order valence-corrected chi connectivity index (χ3v) is 5.58. The predicted octanol–water partition coefficient (Wildman–Crippen LogP) is 3.70. The van der Waals surface area contributed by atoms with Gasteiger partial charge in [-0.15, -0.1) is 0 Å². The van der Waals surface area contributed by atoms with E-state index in [0.29, 0.717) is 31.0 Å². The maximum absolute atomic E-state index is 12.6. The molecule has 2 aromatic carbocycles. The first-order chi connectivity index (χ1) is 14.5. The summed E-state index contributed by atoms with van der Waals surface area (Å²) in [5.74, 6) is 0.542. The number of amides is 1. The zero-order chi connectivity index (χ0) is 21.3. The number of benzene rings is 2. The van der Waals surface area contributed by atoms with Crippen molar-refractivity contribution in [2.24, 2.45) is 0 Å². The first-order valence-corrected chi connectivity index (χ1v) is 10.3. The molecule has 30 heavy (non-hydrogen) atoms. The lowest BCUT2D eigenvalue weighted by molar-refractivity contribution is -0.127. The summed E-state index contributed by atoms with van der Waals surface area (Å²) in [6, 6.07) is 13.2. The highest BCUT2D eigenvalue weighted by Gasteiger charge is 2.30. The van der Waals surface area contributed by atoms with Crippen LogP contribution in [0.3, 0.4) is 0 Å². The van der Waals surface area contributed by atoms with E-state index in [9.17, 15) is 9.59 Å². The summed E-state index contributed by atoms with van der Waals surface area (Å²) in [6.07, 6.45) is 0.255. The van der Waals surface area contributed by atoms with E-state index in [1.165, 1.54) is 0 Å². The molecule has 0 spiro atoms. The number of hydrogen-bond donors (Lipinski definition) is 1. The van der Waals surface area contributed by atoms with Gasteiger partial charge in [0.25, 0.3) is 5.91 Å². The van der Waals surface area contributed by atoms with Gasteiger partial charge in [0.2, 0.25) is 0 Å². The largest absolute Gasteiger partial charge is 0.477 e. The van der Waals surface area contributed by atoms with Crippen molar-refractivity contribution in [2.75, 3.05) is 18.0 Å². The number of nitrogens with one attached hydrogen (secondary N) is 1. The van der Waals surface area contributed by atoms with Gasteiger partial charge in [0.1, 0.15) is 11.3 Å². The van der Waals surface area contributed by atoms with Gasteiger partial charge in [-0.1, -0.05) is 31.2 Å². The van der Waals surface area contributed by atoms with Gasteiger partial charge < -0.3 is 19.4 Å². The molecule has 0 saturated carbocycles. The number of aryl methyl sites for hydroxylation is 2. The number of fused-ring (bicyclic) bond motifs is 2. The molecule has 0 unspecified atom stereocenters. The van der Waals surface area contributed by atoms with Gasteiger partial charge in [-0.3, -0.25) is 4.79 Å². The Morgan fingerprint density at radius 3 is 2.80 bits per heavy atom. The van der Waals surface area contributed by atoms with Crippen LogP contribution in [0, 0.1) is 13.8 Å². The molecular formula is C24H26N2O4. The molecule has 3 aromatic rings. The van der Waals surface area contributed by atoms with Gasteiger partial charge in [-0.05, 0) is 49.1 Å². The normalized spacial score (nSPS) is 15.6. The smallest absolute Gasteiger partial charge is 0.336 e. The summed E-state index contributed by atoms with van der Waals surface area (Å²) < 4.78 is 11.5. The minimum atomic E-state index is -0.609. The van der Waals surface area contributed by atoms with Crippen LogP contribution in [0.15, 0.2) is 51.7 Å². The fourth-order valence-corrected chi connectivity index (χ4v) is 3.82. The van der Waals surface area contributed by atoms with Gasteiger partial charge in [0.05, 0.1) is 12.2 Å². The lowest BCUT2D eigenvalue weighted by atomic mass is 10.0. The van der Waals surface area contributed by atoms with Gasteiger partial charge in [0, 0.05) is 24.5 Å². The summed E-state index contributed by atoms with van der Waals surface area (Å²) in [7, 11) is 0. The van der Waals surface area contributed by atoms with Crippen molar-refractivity contribution in [3.8, 4) is 5.75 Å². The van der Waals surface area contributed by atoms with Crippen molar-refractivity contribution in [1.82, 2.24) is 5.32 Å². The monoisotopic (exact) mass is 406 g/mol. The minimum absolute atomic E-state index is 0.125. The molecule has 1 N–H and O–H groups in total. The number of rotatable bonds is 5. The summed E-state index contributed by atoms with van der Waals surface area (Å²) in [6.45, 7) is 7.46. The first-order valence-electron chi connectivity index (χ1n) is 10.3. The third-order valence-electron chi connectivity index (χ3n) is 5.58. The lowest BCUT2D eigenvalue weighted by Crippen LogP contribution is -2.49. The number of nitrogens with zero attached hydrogens (tertiary/aromatic N) is 1. The van der Waals surface area contributed by atoms with E-state index in [4.69, 9.17) is 9.15 Å². The van der Waals surface area contributed by atoms with Gasteiger partial charge in [-0.25, -0.2) is 4.79 Å². The molecule has 156 valence electrons. The topological polar surface area (TPSA) is 71.8 Å². The average molecular weight is 406 g/mol.